The summed E-state index contributed by atoms with van der Waals surface area (Å²) >= 11 is 0. The average Bonchev–Trinajstić information content (AvgIpc) is 2.48. The molecule has 0 aliphatic carbocycles. The topological polar surface area (TPSA) is 24.9 Å². The number of nitrogens with one attached hydrogen (secondary N) is 1. The predicted molar refractivity (Wildman–Crippen MR) is 79.0 cm³/mol. The predicted octanol–water partition coefficient (Wildman–Crippen LogP) is 3.68. The second kappa shape index (κ2) is 5.39. The van der Waals surface area contributed by atoms with Gasteiger partial charge in [-0.05, 0) is 42.4 Å². The molecular formula is C17H15FN2. The Hall–Kier alpha value is -2.26. The van der Waals surface area contributed by atoms with Crippen molar-refractivity contribution in [2.75, 3.05) is 7.05 Å². The van der Waals surface area contributed by atoms with Crippen LogP contribution in [0.4, 0.5) is 4.39 Å². The van der Waals surface area contributed by atoms with Crippen LogP contribution < -0.4 is 5.32 Å². The molecule has 0 saturated heterocycles. The average molecular weight is 266 g/mol. The number of benzene rings is 2. The fourth-order valence-corrected chi connectivity index (χ4v) is 2.56. The van der Waals surface area contributed by atoms with Crippen molar-refractivity contribution in [2.24, 2.45) is 0 Å². The van der Waals surface area contributed by atoms with E-state index in [0.29, 0.717) is 0 Å². The first-order chi connectivity index (χ1) is 9.79. The zero-order chi connectivity index (χ0) is 13.9. The summed E-state index contributed by atoms with van der Waals surface area (Å²) in [5.41, 5.74) is 2.95. The van der Waals surface area contributed by atoms with Crippen LogP contribution >= 0.6 is 0 Å². The van der Waals surface area contributed by atoms with Crippen LogP contribution in [-0.2, 0) is 0 Å². The molecule has 2 aromatic carbocycles. The molecule has 0 spiro atoms. The first kappa shape index (κ1) is 12.8. The number of halogens is 1. The molecule has 0 aliphatic rings. The van der Waals surface area contributed by atoms with E-state index in [1.807, 2.05) is 43.4 Å². The van der Waals surface area contributed by atoms with Gasteiger partial charge in [0.1, 0.15) is 5.82 Å². The molecule has 0 saturated carbocycles. The Bertz CT molecular complexity index is 734. The summed E-state index contributed by atoms with van der Waals surface area (Å²) < 4.78 is 13.5. The maximum atomic E-state index is 13.5. The van der Waals surface area contributed by atoms with Gasteiger partial charge in [-0.1, -0.05) is 30.3 Å². The summed E-state index contributed by atoms with van der Waals surface area (Å²) in [7, 11) is 1.88. The fraction of sp³-hybridized carbons (Fsp3) is 0.118. The fourth-order valence-electron chi connectivity index (χ4n) is 2.56. The van der Waals surface area contributed by atoms with Crippen molar-refractivity contribution in [3.8, 4) is 0 Å². The molecule has 0 aliphatic heterocycles. The van der Waals surface area contributed by atoms with Crippen LogP contribution in [0, 0.1) is 5.82 Å². The van der Waals surface area contributed by atoms with Gasteiger partial charge in [0.05, 0.1) is 11.6 Å². The van der Waals surface area contributed by atoms with Crippen molar-refractivity contribution in [3.63, 3.8) is 0 Å². The number of fused-ring (bicyclic) bond motifs is 1. The first-order valence-corrected chi connectivity index (χ1v) is 6.56. The van der Waals surface area contributed by atoms with E-state index in [1.54, 1.807) is 18.3 Å². The number of para-hydroxylation sites is 1. The molecule has 20 heavy (non-hydrogen) atoms. The Morgan fingerprint density at radius 1 is 1.05 bits per heavy atom. The van der Waals surface area contributed by atoms with Crippen LogP contribution in [0.5, 0.6) is 0 Å². The van der Waals surface area contributed by atoms with Crippen molar-refractivity contribution in [3.05, 3.63) is 77.7 Å². The Kier molecular flexibility index (Phi) is 3.44. The third-order valence-corrected chi connectivity index (χ3v) is 3.46. The number of hydrogen-bond donors (Lipinski definition) is 1. The van der Waals surface area contributed by atoms with E-state index >= 15 is 0 Å². The van der Waals surface area contributed by atoms with Gasteiger partial charge in [0, 0.05) is 11.6 Å². The van der Waals surface area contributed by atoms with Gasteiger partial charge in [0.25, 0.3) is 0 Å². The van der Waals surface area contributed by atoms with Crippen molar-refractivity contribution in [1.29, 1.82) is 0 Å². The van der Waals surface area contributed by atoms with E-state index in [2.05, 4.69) is 10.3 Å². The Morgan fingerprint density at radius 3 is 2.70 bits per heavy atom. The van der Waals surface area contributed by atoms with E-state index in [0.717, 1.165) is 22.0 Å². The lowest BCUT2D eigenvalue weighted by Crippen LogP contribution is -2.18. The van der Waals surface area contributed by atoms with Gasteiger partial charge in [0.15, 0.2) is 0 Å². The second-order valence-corrected chi connectivity index (χ2v) is 4.69. The molecule has 1 aromatic heterocycles. The highest BCUT2D eigenvalue weighted by Crippen LogP contribution is 2.27. The SMILES string of the molecule is CNC(c1cccc(F)c1)c1ccnc2ccccc12. The minimum Gasteiger partial charge on any atom is -0.309 e. The lowest BCUT2D eigenvalue weighted by atomic mass is 9.96. The molecule has 1 heterocycles. The van der Waals surface area contributed by atoms with Gasteiger partial charge in [-0.15, -0.1) is 0 Å². The molecule has 0 fully saturated rings. The number of aromatic nitrogens is 1. The van der Waals surface area contributed by atoms with Gasteiger partial charge < -0.3 is 5.32 Å². The zero-order valence-corrected chi connectivity index (χ0v) is 11.2. The highest BCUT2D eigenvalue weighted by atomic mass is 19.1. The molecule has 3 heteroatoms. The first-order valence-electron chi connectivity index (χ1n) is 6.56. The maximum Gasteiger partial charge on any atom is 0.123 e. The number of hydrogen-bond acceptors (Lipinski definition) is 2. The smallest absolute Gasteiger partial charge is 0.123 e. The van der Waals surface area contributed by atoms with Crippen LogP contribution in [-0.4, -0.2) is 12.0 Å². The zero-order valence-electron chi connectivity index (χ0n) is 11.2. The molecule has 0 bridgehead atoms. The van der Waals surface area contributed by atoms with E-state index in [1.165, 1.54) is 6.07 Å². The molecule has 100 valence electrons. The summed E-state index contributed by atoms with van der Waals surface area (Å²) in [5.74, 6) is -0.221. The van der Waals surface area contributed by atoms with Crippen LogP contribution in [0.1, 0.15) is 17.2 Å². The number of pyridine rings is 1. The molecule has 3 aromatic rings. The van der Waals surface area contributed by atoms with Gasteiger partial charge in [-0.2, -0.15) is 0 Å². The summed E-state index contributed by atoms with van der Waals surface area (Å²) in [5, 5.41) is 4.34. The van der Waals surface area contributed by atoms with Crippen molar-refractivity contribution in [1.82, 2.24) is 10.3 Å². The molecule has 0 amide bonds. The van der Waals surface area contributed by atoms with E-state index in [9.17, 15) is 4.39 Å². The maximum absolute atomic E-state index is 13.5. The molecule has 2 nitrogen and oxygen atoms in total. The van der Waals surface area contributed by atoms with E-state index < -0.39 is 0 Å². The molecule has 1 atom stereocenters. The lowest BCUT2D eigenvalue weighted by molar-refractivity contribution is 0.617. The van der Waals surface area contributed by atoms with Crippen molar-refractivity contribution < 1.29 is 4.39 Å². The Morgan fingerprint density at radius 2 is 1.90 bits per heavy atom. The van der Waals surface area contributed by atoms with Crippen molar-refractivity contribution in [2.45, 2.75) is 6.04 Å². The Balaban J connectivity index is 2.17. The summed E-state index contributed by atoms with van der Waals surface area (Å²) in [6, 6.07) is 16.6. The second-order valence-electron chi connectivity index (χ2n) is 4.69. The minimum atomic E-state index is -0.221. The van der Waals surface area contributed by atoms with Gasteiger partial charge in [-0.25, -0.2) is 4.39 Å². The normalized spacial score (nSPS) is 12.5. The third-order valence-electron chi connectivity index (χ3n) is 3.46. The Labute approximate surface area is 117 Å². The summed E-state index contributed by atoms with van der Waals surface area (Å²) in [6.45, 7) is 0. The van der Waals surface area contributed by atoms with Crippen LogP contribution in [0.3, 0.4) is 0 Å². The minimum absolute atomic E-state index is 0.0569. The van der Waals surface area contributed by atoms with Crippen LogP contribution in [0.15, 0.2) is 60.8 Å². The molecule has 1 unspecified atom stereocenters. The van der Waals surface area contributed by atoms with Crippen LogP contribution in [0.2, 0.25) is 0 Å². The van der Waals surface area contributed by atoms with Crippen molar-refractivity contribution >= 4 is 10.9 Å². The molecular weight excluding hydrogens is 251 g/mol. The molecule has 0 radical (unpaired) electrons. The standard InChI is InChI=1S/C17H15FN2/c1-19-17(12-5-4-6-13(18)11-12)15-9-10-20-16-8-3-2-7-14(15)16/h2-11,17,19H,1H3. The third kappa shape index (κ3) is 2.28. The highest BCUT2D eigenvalue weighted by Gasteiger charge is 2.15. The van der Waals surface area contributed by atoms with Crippen LogP contribution in [0.25, 0.3) is 10.9 Å². The van der Waals surface area contributed by atoms with Gasteiger partial charge in [-0.3, -0.25) is 4.98 Å². The number of nitrogens with zero attached hydrogens (tertiary/aromatic N) is 1. The number of rotatable bonds is 3. The lowest BCUT2D eigenvalue weighted by Gasteiger charge is -2.19. The highest BCUT2D eigenvalue weighted by molar-refractivity contribution is 5.82. The van der Waals surface area contributed by atoms with E-state index in [-0.39, 0.29) is 11.9 Å². The molecule has 1 N–H and O–H groups in total. The van der Waals surface area contributed by atoms with Gasteiger partial charge >= 0.3 is 0 Å². The largest absolute Gasteiger partial charge is 0.309 e. The molecule has 3 rings (SSSR count). The quantitative estimate of drug-likeness (QED) is 0.782. The summed E-state index contributed by atoms with van der Waals surface area (Å²) in [4.78, 5) is 4.37. The summed E-state index contributed by atoms with van der Waals surface area (Å²) in [6.07, 6.45) is 1.79. The van der Waals surface area contributed by atoms with Gasteiger partial charge in [0.2, 0.25) is 0 Å². The van der Waals surface area contributed by atoms with E-state index in [4.69, 9.17) is 0 Å². The monoisotopic (exact) mass is 266 g/mol.